The molecule has 1 unspecified atom stereocenters. The van der Waals surface area contributed by atoms with Crippen LogP contribution in [0.25, 0.3) is 0 Å². The molecule has 1 aliphatic heterocycles. The van der Waals surface area contributed by atoms with E-state index in [-0.39, 0.29) is 11.3 Å². The third kappa shape index (κ3) is 2.77. The molecule has 0 aliphatic carbocycles. The van der Waals surface area contributed by atoms with Gasteiger partial charge < -0.3 is 5.32 Å². The number of Topliss-reactive ketones (excluding diaryl/α,β-unsaturated/α-hetero) is 1. The molecule has 2 rings (SSSR count). The van der Waals surface area contributed by atoms with Gasteiger partial charge in [-0.3, -0.25) is 4.79 Å². The Kier molecular flexibility index (Phi) is 4.11. The van der Waals surface area contributed by atoms with Crippen molar-refractivity contribution < 1.29 is 4.79 Å². The average molecular weight is 250 g/mol. The Morgan fingerprint density at radius 1 is 1.56 bits per heavy atom. The van der Waals surface area contributed by atoms with Crippen LogP contribution in [0, 0.1) is 0 Å². The molecule has 1 atom stereocenters. The fourth-order valence-corrected chi connectivity index (χ4v) is 2.46. The second-order valence-corrected chi connectivity index (χ2v) is 5.22. The van der Waals surface area contributed by atoms with Crippen LogP contribution in [-0.2, 0) is 17.8 Å². The molecule has 1 aromatic rings. The highest BCUT2D eigenvalue weighted by atomic mass is 16.1. The van der Waals surface area contributed by atoms with E-state index in [4.69, 9.17) is 0 Å². The number of nitrogens with zero attached hydrogens (tertiary/aromatic N) is 3. The molecule has 0 spiro atoms. The van der Waals surface area contributed by atoms with E-state index in [0.717, 1.165) is 44.6 Å². The Morgan fingerprint density at radius 2 is 2.39 bits per heavy atom. The lowest BCUT2D eigenvalue weighted by molar-refractivity contribution is -0.125. The summed E-state index contributed by atoms with van der Waals surface area (Å²) in [6.45, 7) is 5.86. The van der Waals surface area contributed by atoms with Crippen molar-refractivity contribution in [1.82, 2.24) is 20.1 Å². The van der Waals surface area contributed by atoms with Crippen molar-refractivity contribution in [1.29, 1.82) is 0 Å². The lowest BCUT2D eigenvalue weighted by Gasteiger charge is -2.33. The van der Waals surface area contributed by atoms with Crippen molar-refractivity contribution in [2.45, 2.75) is 58.0 Å². The van der Waals surface area contributed by atoms with E-state index >= 15 is 0 Å². The van der Waals surface area contributed by atoms with Crippen LogP contribution >= 0.6 is 0 Å². The Morgan fingerprint density at radius 3 is 3.06 bits per heavy atom. The molecule has 2 heterocycles. The van der Waals surface area contributed by atoms with Gasteiger partial charge in [-0.15, -0.1) is 0 Å². The molecule has 0 amide bonds. The van der Waals surface area contributed by atoms with Gasteiger partial charge in [0, 0.05) is 6.54 Å². The number of carbonyl (C=O) groups is 1. The standard InChI is InChI=1S/C13H22N4O/c1-3-8-17-12(14-10-16-17)9-11(18)13(2)6-4-5-7-15-13/h10,15H,3-9H2,1-2H3. The zero-order chi connectivity index (χ0) is 13.0. The van der Waals surface area contributed by atoms with Gasteiger partial charge in [-0.2, -0.15) is 5.10 Å². The first-order valence-corrected chi connectivity index (χ1v) is 6.81. The van der Waals surface area contributed by atoms with Gasteiger partial charge in [-0.25, -0.2) is 9.67 Å². The van der Waals surface area contributed by atoms with Gasteiger partial charge in [0.25, 0.3) is 0 Å². The lowest BCUT2D eigenvalue weighted by Crippen LogP contribution is -2.53. The fraction of sp³-hybridized carbons (Fsp3) is 0.769. The molecule has 0 saturated carbocycles. The average Bonchev–Trinajstić information content (AvgIpc) is 2.78. The SMILES string of the molecule is CCCn1ncnc1CC(=O)C1(C)CCCCN1. The maximum Gasteiger partial charge on any atom is 0.160 e. The monoisotopic (exact) mass is 250 g/mol. The third-order valence-electron chi connectivity index (χ3n) is 3.68. The van der Waals surface area contributed by atoms with E-state index in [2.05, 4.69) is 22.3 Å². The van der Waals surface area contributed by atoms with E-state index in [1.165, 1.54) is 6.33 Å². The number of hydrogen-bond donors (Lipinski definition) is 1. The number of ketones is 1. The first-order valence-electron chi connectivity index (χ1n) is 6.81. The van der Waals surface area contributed by atoms with Crippen LogP contribution in [0.2, 0.25) is 0 Å². The summed E-state index contributed by atoms with van der Waals surface area (Å²) in [6.07, 6.45) is 6.12. The summed E-state index contributed by atoms with van der Waals surface area (Å²) in [7, 11) is 0. The topological polar surface area (TPSA) is 59.8 Å². The molecule has 1 aliphatic rings. The number of rotatable bonds is 5. The minimum Gasteiger partial charge on any atom is -0.305 e. The first-order chi connectivity index (χ1) is 8.65. The van der Waals surface area contributed by atoms with Gasteiger partial charge in [0.1, 0.15) is 12.2 Å². The quantitative estimate of drug-likeness (QED) is 0.856. The van der Waals surface area contributed by atoms with Crippen LogP contribution in [0.15, 0.2) is 6.33 Å². The van der Waals surface area contributed by atoms with Crippen LogP contribution in [0.1, 0.15) is 45.4 Å². The highest BCUT2D eigenvalue weighted by molar-refractivity contribution is 5.89. The molecule has 100 valence electrons. The Hall–Kier alpha value is -1.23. The molecule has 0 bridgehead atoms. The molecule has 5 nitrogen and oxygen atoms in total. The fourth-order valence-electron chi connectivity index (χ4n) is 2.46. The minimum absolute atomic E-state index is 0.229. The largest absolute Gasteiger partial charge is 0.305 e. The van der Waals surface area contributed by atoms with E-state index < -0.39 is 0 Å². The van der Waals surface area contributed by atoms with Crippen molar-refractivity contribution >= 4 is 5.78 Å². The second-order valence-electron chi connectivity index (χ2n) is 5.22. The first kappa shape index (κ1) is 13.2. The summed E-state index contributed by atoms with van der Waals surface area (Å²) in [5.74, 6) is 1.02. The maximum absolute atomic E-state index is 12.4. The van der Waals surface area contributed by atoms with E-state index in [0.29, 0.717) is 6.42 Å². The zero-order valence-electron chi connectivity index (χ0n) is 11.3. The summed E-state index contributed by atoms with van der Waals surface area (Å²) in [6, 6.07) is 0. The molecule has 5 heteroatoms. The zero-order valence-corrected chi connectivity index (χ0v) is 11.3. The van der Waals surface area contributed by atoms with E-state index in [9.17, 15) is 4.79 Å². The van der Waals surface area contributed by atoms with Crippen molar-refractivity contribution in [3.8, 4) is 0 Å². The van der Waals surface area contributed by atoms with Gasteiger partial charge in [0.05, 0.1) is 12.0 Å². The van der Waals surface area contributed by atoms with Gasteiger partial charge in [0.2, 0.25) is 0 Å². The molecular formula is C13H22N4O. The predicted molar refractivity (Wildman–Crippen MR) is 69.3 cm³/mol. The molecule has 1 N–H and O–H groups in total. The smallest absolute Gasteiger partial charge is 0.160 e. The van der Waals surface area contributed by atoms with Crippen molar-refractivity contribution in [2.24, 2.45) is 0 Å². The number of hydrogen-bond acceptors (Lipinski definition) is 4. The summed E-state index contributed by atoms with van der Waals surface area (Å²) < 4.78 is 1.84. The molecular weight excluding hydrogens is 228 g/mol. The number of piperidine rings is 1. The molecule has 1 saturated heterocycles. The number of aryl methyl sites for hydroxylation is 1. The van der Waals surface area contributed by atoms with Crippen LogP contribution in [-0.4, -0.2) is 32.6 Å². The van der Waals surface area contributed by atoms with Crippen LogP contribution in [0.4, 0.5) is 0 Å². The predicted octanol–water partition coefficient (Wildman–Crippen LogP) is 1.33. The van der Waals surface area contributed by atoms with E-state index in [1.54, 1.807) is 0 Å². The number of carbonyl (C=O) groups excluding carboxylic acids is 1. The number of nitrogens with one attached hydrogen (secondary N) is 1. The highest BCUT2D eigenvalue weighted by Gasteiger charge is 2.34. The van der Waals surface area contributed by atoms with Crippen molar-refractivity contribution in [3.63, 3.8) is 0 Å². The molecule has 1 fully saturated rings. The Labute approximate surface area is 108 Å². The maximum atomic E-state index is 12.4. The molecule has 0 radical (unpaired) electrons. The minimum atomic E-state index is -0.374. The molecule has 18 heavy (non-hydrogen) atoms. The normalized spacial score (nSPS) is 24.1. The Balaban J connectivity index is 2.03. The van der Waals surface area contributed by atoms with Gasteiger partial charge in [-0.1, -0.05) is 6.92 Å². The second kappa shape index (κ2) is 5.61. The van der Waals surface area contributed by atoms with Crippen molar-refractivity contribution in [2.75, 3.05) is 6.54 Å². The van der Waals surface area contributed by atoms with Gasteiger partial charge in [-0.05, 0) is 39.2 Å². The molecule has 0 aromatic carbocycles. The van der Waals surface area contributed by atoms with Crippen LogP contribution in [0.5, 0.6) is 0 Å². The third-order valence-corrected chi connectivity index (χ3v) is 3.68. The van der Waals surface area contributed by atoms with Crippen molar-refractivity contribution in [3.05, 3.63) is 12.2 Å². The van der Waals surface area contributed by atoms with Gasteiger partial charge in [0.15, 0.2) is 5.78 Å². The summed E-state index contributed by atoms with van der Waals surface area (Å²) in [5.41, 5.74) is -0.374. The van der Waals surface area contributed by atoms with Crippen LogP contribution < -0.4 is 5.32 Å². The number of aromatic nitrogens is 3. The summed E-state index contributed by atoms with van der Waals surface area (Å²) in [4.78, 5) is 16.6. The Bertz CT molecular complexity index is 407. The summed E-state index contributed by atoms with van der Waals surface area (Å²) >= 11 is 0. The summed E-state index contributed by atoms with van der Waals surface area (Å²) in [5, 5.41) is 7.51. The molecule has 1 aromatic heterocycles. The van der Waals surface area contributed by atoms with E-state index in [1.807, 2.05) is 11.6 Å². The van der Waals surface area contributed by atoms with Gasteiger partial charge >= 0.3 is 0 Å². The highest BCUT2D eigenvalue weighted by Crippen LogP contribution is 2.21. The van der Waals surface area contributed by atoms with Crippen LogP contribution in [0.3, 0.4) is 0 Å². The lowest BCUT2D eigenvalue weighted by atomic mass is 9.85.